The van der Waals surface area contributed by atoms with E-state index >= 15 is 0 Å². The van der Waals surface area contributed by atoms with E-state index in [-0.39, 0.29) is 18.3 Å². The zero-order valence-corrected chi connectivity index (χ0v) is 14.1. The van der Waals surface area contributed by atoms with Crippen LogP contribution in [0.15, 0.2) is 34.7 Å². The lowest BCUT2D eigenvalue weighted by molar-refractivity contribution is -0.131. The summed E-state index contributed by atoms with van der Waals surface area (Å²) in [6, 6.07) is 7.55. The van der Waals surface area contributed by atoms with Gasteiger partial charge in [-0.25, -0.2) is 9.18 Å². The molecule has 0 saturated carbocycles. The average molecular weight is 333 g/mol. The summed E-state index contributed by atoms with van der Waals surface area (Å²) in [6.45, 7) is 3.59. The van der Waals surface area contributed by atoms with Crippen molar-refractivity contribution in [2.75, 3.05) is 14.2 Å². The van der Waals surface area contributed by atoms with Gasteiger partial charge in [0.05, 0.1) is 19.6 Å². The Bertz CT molecular complexity index is 753. The van der Waals surface area contributed by atoms with Crippen LogP contribution in [0, 0.1) is 12.7 Å². The van der Waals surface area contributed by atoms with Crippen LogP contribution >= 0.6 is 0 Å². The number of esters is 1. The first-order valence-electron chi connectivity index (χ1n) is 7.51. The molecule has 1 aromatic heterocycles. The molecule has 0 fully saturated rings. The Balaban J connectivity index is 2.10. The van der Waals surface area contributed by atoms with Gasteiger partial charge in [0.2, 0.25) is 5.91 Å². The SMILES string of the molecule is COC(=O)c1cc(CN(C)C(=O)[C@H](C)c2cccc(F)c2)oc1C. The summed E-state index contributed by atoms with van der Waals surface area (Å²) >= 11 is 0. The Morgan fingerprint density at radius 1 is 1.33 bits per heavy atom. The van der Waals surface area contributed by atoms with Crippen LogP contribution in [0.25, 0.3) is 0 Å². The minimum atomic E-state index is -0.484. The fourth-order valence-electron chi connectivity index (χ4n) is 2.49. The van der Waals surface area contributed by atoms with E-state index in [1.54, 1.807) is 39.1 Å². The predicted molar refractivity (Wildman–Crippen MR) is 86.1 cm³/mol. The molecular weight excluding hydrogens is 313 g/mol. The Kier molecular flexibility index (Phi) is 5.39. The monoisotopic (exact) mass is 333 g/mol. The Morgan fingerprint density at radius 3 is 2.67 bits per heavy atom. The number of ether oxygens (including phenoxy) is 1. The van der Waals surface area contributed by atoms with Crippen LogP contribution in [0.4, 0.5) is 4.39 Å². The van der Waals surface area contributed by atoms with Crippen molar-refractivity contribution in [2.45, 2.75) is 26.3 Å². The summed E-state index contributed by atoms with van der Waals surface area (Å²) in [5.41, 5.74) is 0.948. The summed E-state index contributed by atoms with van der Waals surface area (Å²) in [7, 11) is 2.93. The largest absolute Gasteiger partial charge is 0.465 e. The second kappa shape index (κ2) is 7.29. The summed E-state index contributed by atoms with van der Waals surface area (Å²) in [6.07, 6.45) is 0. The van der Waals surface area contributed by atoms with E-state index in [9.17, 15) is 14.0 Å². The molecule has 6 heteroatoms. The minimum Gasteiger partial charge on any atom is -0.465 e. The maximum atomic E-state index is 13.3. The molecule has 0 aliphatic rings. The molecule has 128 valence electrons. The van der Waals surface area contributed by atoms with Gasteiger partial charge >= 0.3 is 5.97 Å². The Morgan fingerprint density at radius 2 is 2.04 bits per heavy atom. The smallest absolute Gasteiger partial charge is 0.341 e. The van der Waals surface area contributed by atoms with E-state index in [2.05, 4.69) is 4.74 Å². The first kappa shape index (κ1) is 17.7. The highest BCUT2D eigenvalue weighted by Gasteiger charge is 2.22. The van der Waals surface area contributed by atoms with Crippen LogP contribution in [-0.4, -0.2) is 30.9 Å². The van der Waals surface area contributed by atoms with Crippen LogP contribution < -0.4 is 0 Å². The fourth-order valence-corrected chi connectivity index (χ4v) is 2.49. The number of rotatable bonds is 5. The Labute approximate surface area is 140 Å². The molecule has 1 amide bonds. The molecule has 0 radical (unpaired) electrons. The van der Waals surface area contributed by atoms with Crippen LogP contribution in [-0.2, 0) is 16.1 Å². The van der Waals surface area contributed by atoms with Gasteiger partial charge in [0.25, 0.3) is 0 Å². The molecule has 0 N–H and O–H groups in total. The lowest BCUT2D eigenvalue weighted by Gasteiger charge is -2.20. The minimum absolute atomic E-state index is 0.172. The molecule has 1 aromatic carbocycles. The van der Waals surface area contributed by atoms with Gasteiger partial charge in [-0.05, 0) is 37.6 Å². The van der Waals surface area contributed by atoms with Crippen LogP contribution in [0.2, 0.25) is 0 Å². The number of aryl methyl sites for hydroxylation is 1. The molecule has 0 aliphatic heterocycles. The zero-order chi connectivity index (χ0) is 17.9. The molecule has 0 spiro atoms. The van der Waals surface area contributed by atoms with Gasteiger partial charge in [0.1, 0.15) is 22.9 Å². The molecule has 2 aromatic rings. The fraction of sp³-hybridized carbons (Fsp3) is 0.333. The maximum Gasteiger partial charge on any atom is 0.341 e. The number of hydrogen-bond acceptors (Lipinski definition) is 4. The van der Waals surface area contributed by atoms with Gasteiger partial charge in [-0.1, -0.05) is 12.1 Å². The number of halogens is 1. The normalized spacial score (nSPS) is 11.9. The average Bonchev–Trinajstić information content (AvgIpc) is 2.92. The van der Waals surface area contributed by atoms with E-state index in [4.69, 9.17) is 4.42 Å². The molecule has 1 heterocycles. The van der Waals surface area contributed by atoms with E-state index < -0.39 is 11.9 Å². The number of likely N-dealkylation sites (N-methyl/N-ethyl adjacent to an activating group) is 1. The molecule has 1 atom stereocenters. The van der Waals surface area contributed by atoms with Gasteiger partial charge in [-0.2, -0.15) is 0 Å². The van der Waals surface area contributed by atoms with E-state index in [0.29, 0.717) is 22.6 Å². The highest BCUT2D eigenvalue weighted by atomic mass is 19.1. The van der Waals surface area contributed by atoms with E-state index in [1.807, 2.05) is 0 Å². The van der Waals surface area contributed by atoms with Gasteiger partial charge in [-0.15, -0.1) is 0 Å². The number of methoxy groups -OCH3 is 1. The molecular formula is C18H20FNO4. The van der Waals surface area contributed by atoms with Crippen molar-refractivity contribution in [2.24, 2.45) is 0 Å². The third-order valence-corrected chi connectivity index (χ3v) is 3.86. The van der Waals surface area contributed by atoms with Gasteiger partial charge < -0.3 is 14.1 Å². The van der Waals surface area contributed by atoms with Crippen molar-refractivity contribution in [3.8, 4) is 0 Å². The van der Waals surface area contributed by atoms with Gasteiger partial charge in [-0.3, -0.25) is 4.79 Å². The van der Waals surface area contributed by atoms with E-state index in [1.165, 1.54) is 24.1 Å². The maximum absolute atomic E-state index is 13.3. The number of furan rings is 1. The number of nitrogens with zero attached hydrogens (tertiary/aromatic N) is 1. The first-order valence-corrected chi connectivity index (χ1v) is 7.51. The first-order chi connectivity index (χ1) is 11.3. The highest BCUT2D eigenvalue weighted by Crippen LogP contribution is 2.21. The number of carbonyl (C=O) groups is 2. The summed E-state index contributed by atoms with van der Waals surface area (Å²) < 4.78 is 23.5. The van der Waals surface area contributed by atoms with Crippen molar-refractivity contribution >= 4 is 11.9 Å². The number of benzene rings is 1. The van der Waals surface area contributed by atoms with Crippen molar-refractivity contribution in [3.05, 3.63) is 58.8 Å². The van der Waals surface area contributed by atoms with E-state index in [0.717, 1.165) is 0 Å². The molecule has 0 saturated heterocycles. The lowest BCUT2D eigenvalue weighted by Crippen LogP contribution is -2.30. The van der Waals surface area contributed by atoms with Crippen LogP contribution in [0.5, 0.6) is 0 Å². The van der Waals surface area contributed by atoms with Crippen LogP contribution in [0.1, 0.15) is 40.3 Å². The molecule has 5 nitrogen and oxygen atoms in total. The predicted octanol–water partition coefficient (Wildman–Crippen LogP) is 3.28. The third kappa shape index (κ3) is 3.82. The lowest BCUT2D eigenvalue weighted by atomic mass is 10.00. The quantitative estimate of drug-likeness (QED) is 0.788. The van der Waals surface area contributed by atoms with Crippen molar-refractivity contribution in [1.82, 2.24) is 4.90 Å². The van der Waals surface area contributed by atoms with Crippen molar-refractivity contribution in [1.29, 1.82) is 0 Å². The summed E-state index contributed by atoms with van der Waals surface area (Å²) in [4.78, 5) is 25.6. The zero-order valence-electron chi connectivity index (χ0n) is 14.1. The molecule has 0 bridgehead atoms. The molecule has 2 rings (SSSR count). The standard InChI is InChI=1S/C18H20FNO4/c1-11(13-6-5-7-14(19)8-13)17(21)20(3)10-15-9-16(12(2)24-15)18(22)23-4/h5-9,11H,10H2,1-4H3/t11-/m1/s1. The summed E-state index contributed by atoms with van der Waals surface area (Å²) in [5, 5.41) is 0. The van der Waals surface area contributed by atoms with Crippen molar-refractivity contribution < 1.29 is 23.1 Å². The second-order valence-corrected chi connectivity index (χ2v) is 5.65. The molecule has 24 heavy (non-hydrogen) atoms. The third-order valence-electron chi connectivity index (χ3n) is 3.86. The number of carbonyl (C=O) groups excluding carboxylic acids is 2. The number of hydrogen-bond donors (Lipinski definition) is 0. The van der Waals surface area contributed by atoms with Crippen LogP contribution in [0.3, 0.4) is 0 Å². The van der Waals surface area contributed by atoms with Gasteiger partial charge in [0, 0.05) is 7.05 Å². The molecule has 0 aliphatic carbocycles. The molecule has 0 unspecified atom stereocenters. The Hall–Kier alpha value is -2.63. The second-order valence-electron chi connectivity index (χ2n) is 5.65. The van der Waals surface area contributed by atoms with Gasteiger partial charge in [0.15, 0.2) is 0 Å². The topological polar surface area (TPSA) is 59.8 Å². The number of amides is 1. The van der Waals surface area contributed by atoms with Crippen molar-refractivity contribution in [3.63, 3.8) is 0 Å². The highest BCUT2D eigenvalue weighted by molar-refractivity contribution is 5.90. The summed E-state index contributed by atoms with van der Waals surface area (Å²) in [5.74, 6) is -0.592.